The Balaban J connectivity index is -0.000000193. The highest BCUT2D eigenvalue weighted by Crippen LogP contribution is 2.38. The van der Waals surface area contributed by atoms with Crippen LogP contribution < -0.4 is 0 Å². The Kier molecular flexibility index (Phi) is 24.8. The standard InChI is InChI=1S/C20H18.6CH4.3CH3.Al/c1-20(17-11-5-2-6-12-17,18-13-7-3-8-14-18)19-15-9-4-10-16-19;;;;;;;;;;/h2-16H,1H3;6*1H4;3*1H3;. The van der Waals surface area contributed by atoms with Crippen molar-refractivity contribution in [3.63, 3.8) is 0 Å². The van der Waals surface area contributed by atoms with E-state index in [0.717, 1.165) is 0 Å². The van der Waals surface area contributed by atoms with Gasteiger partial charge in [0.1, 0.15) is 0 Å². The minimum atomic E-state index is -0.139. The van der Waals surface area contributed by atoms with Gasteiger partial charge in [0.2, 0.25) is 0 Å². The molecule has 0 nitrogen and oxygen atoms in total. The Hall–Kier alpha value is -1.81. The average molecular weight is 427 g/mol. The SMILES string of the molecule is C.C.C.C.C.C.CC(c1ccccc1)(c1ccccc1)c1ccccc1.[CH3][Al]([CH3])[CH3]. The Bertz CT molecular complexity index is 604. The van der Waals surface area contributed by atoms with E-state index in [4.69, 9.17) is 0 Å². The molecule has 0 saturated heterocycles. The Labute approximate surface area is 195 Å². The summed E-state index contributed by atoms with van der Waals surface area (Å²) in [5, 5.41) is 0. The van der Waals surface area contributed by atoms with E-state index < -0.39 is 0 Å². The van der Waals surface area contributed by atoms with Crippen molar-refractivity contribution in [3.8, 4) is 0 Å². The number of hydrogen-bond acceptors (Lipinski definition) is 0. The third-order valence-electron chi connectivity index (χ3n) is 4.05. The van der Waals surface area contributed by atoms with Crippen LogP contribution >= 0.6 is 0 Å². The van der Waals surface area contributed by atoms with Crippen molar-refractivity contribution < 1.29 is 0 Å². The highest BCUT2D eigenvalue weighted by molar-refractivity contribution is 6.54. The largest absolute Gasteiger partial charge is 0.251 e. The molecule has 0 heterocycles. The van der Waals surface area contributed by atoms with Gasteiger partial charge in [-0.25, -0.2) is 0 Å². The molecule has 0 amide bonds. The lowest BCUT2D eigenvalue weighted by Gasteiger charge is -2.31. The summed E-state index contributed by atoms with van der Waals surface area (Å²) >= 11 is -0.139. The molecule has 0 atom stereocenters. The van der Waals surface area contributed by atoms with Crippen molar-refractivity contribution >= 4 is 14.1 Å². The Morgan fingerprint density at radius 3 is 0.767 bits per heavy atom. The predicted molar refractivity (Wildman–Crippen MR) is 149 cm³/mol. The molecule has 0 fully saturated rings. The highest BCUT2D eigenvalue weighted by atomic mass is 27.2. The van der Waals surface area contributed by atoms with Crippen LogP contribution in [-0.2, 0) is 5.41 Å². The van der Waals surface area contributed by atoms with E-state index >= 15 is 0 Å². The topological polar surface area (TPSA) is 0 Å². The molecule has 0 radical (unpaired) electrons. The molecule has 1 heteroatoms. The lowest BCUT2D eigenvalue weighted by molar-refractivity contribution is 0.692. The normalized spacial score (nSPS) is 8.40. The second-order valence-electron chi connectivity index (χ2n) is 6.96. The van der Waals surface area contributed by atoms with Crippen LogP contribution in [0.15, 0.2) is 91.0 Å². The van der Waals surface area contributed by atoms with Crippen LogP contribution in [-0.4, -0.2) is 14.1 Å². The van der Waals surface area contributed by atoms with Crippen molar-refractivity contribution in [1.82, 2.24) is 0 Å². The summed E-state index contributed by atoms with van der Waals surface area (Å²) in [5.74, 6) is 6.92. The van der Waals surface area contributed by atoms with Crippen LogP contribution in [0, 0.1) is 0 Å². The summed E-state index contributed by atoms with van der Waals surface area (Å²) in [6, 6.07) is 32.1. The van der Waals surface area contributed by atoms with E-state index in [-0.39, 0.29) is 64.1 Å². The Morgan fingerprint density at radius 2 is 0.600 bits per heavy atom. The van der Waals surface area contributed by atoms with E-state index in [1.165, 1.54) is 16.7 Å². The number of rotatable bonds is 3. The molecule has 3 aromatic rings. The molecular formula is C29H51Al. The van der Waals surface area contributed by atoms with Crippen molar-refractivity contribution in [1.29, 1.82) is 0 Å². The maximum Gasteiger partial charge on any atom is 0.251 e. The monoisotopic (exact) mass is 426 g/mol. The van der Waals surface area contributed by atoms with Gasteiger partial charge in [-0.1, -0.05) is 136 Å². The van der Waals surface area contributed by atoms with Crippen LogP contribution in [0.2, 0.25) is 17.4 Å². The van der Waals surface area contributed by atoms with Gasteiger partial charge in [-0.05, 0) is 23.6 Å². The third-order valence-corrected chi connectivity index (χ3v) is 4.05. The van der Waals surface area contributed by atoms with Crippen LogP contribution in [0.5, 0.6) is 0 Å². The maximum atomic E-state index is 2.31. The van der Waals surface area contributed by atoms with Gasteiger partial charge in [0, 0.05) is 5.41 Å². The fraction of sp³-hybridized carbons (Fsp3) is 0.379. The summed E-state index contributed by atoms with van der Waals surface area (Å²) in [4.78, 5) is 0. The van der Waals surface area contributed by atoms with Gasteiger partial charge in [-0.3, -0.25) is 0 Å². The molecule has 3 aromatic carbocycles. The van der Waals surface area contributed by atoms with E-state index in [1.807, 2.05) is 0 Å². The smallest absolute Gasteiger partial charge is 0.106 e. The molecule has 3 rings (SSSR count). The number of benzene rings is 3. The first-order valence-electron chi connectivity index (χ1n) is 8.71. The molecule has 0 aliphatic heterocycles. The highest BCUT2D eigenvalue weighted by Gasteiger charge is 2.30. The molecule has 0 aliphatic rings. The van der Waals surface area contributed by atoms with Gasteiger partial charge in [0.25, 0.3) is 14.1 Å². The summed E-state index contributed by atoms with van der Waals surface area (Å²) in [6.45, 7) is 2.30. The van der Waals surface area contributed by atoms with E-state index in [9.17, 15) is 0 Å². The second-order valence-corrected chi connectivity index (χ2v) is 10.4. The van der Waals surface area contributed by atoms with Crippen molar-refractivity contribution in [3.05, 3.63) is 108 Å². The van der Waals surface area contributed by atoms with E-state index in [2.05, 4.69) is 115 Å². The van der Waals surface area contributed by atoms with Gasteiger partial charge < -0.3 is 0 Å². The quantitative estimate of drug-likeness (QED) is 0.288. The number of hydrogen-bond donors (Lipinski definition) is 0. The summed E-state index contributed by atoms with van der Waals surface area (Å²) in [7, 11) is 0. The third kappa shape index (κ3) is 10.3. The maximum absolute atomic E-state index is 2.31. The van der Waals surface area contributed by atoms with Crippen LogP contribution in [0.25, 0.3) is 0 Å². The van der Waals surface area contributed by atoms with Gasteiger partial charge in [-0.2, -0.15) is 0 Å². The van der Waals surface area contributed by atoms with Gasteiger partial charge >= 0.3 is 0 Å². The van der Waals surface area contributed by atoms with Gasteiger partial charge in [-0.15, -0.1) is 17.4 Å². The zero-order chi connectivity index (χ0) is 17.4. The molecular weight excluding hydrogens is 375 g/mol. The van der Waals surface area contributed by atoms with Gasteiger partial charge in [0.05, 0.1) is 0 Å². The second kappa shape index (κ2) is 19.2. The molecule has 30 heavy (non-hydrogen) atoms. The fourth-order valence-electron chi connectivity index (χ4n) is 2.81. The summed E-state index contributed by atoms with van der Waals surface area (Å²) in [5.41, 5.74) is 3.83. The first kappa shape index (κ1) is 38.8. The first-order chi connectivity index (χ1) is 11.5. The lowest BCUT2D eigenvalue weighted by atomic mass is 9.71. The van der Waals surface area contributed by atoms with Crippen molar-refractivity contribution in [2.45, 2.75) is 74.3 Å². The molecule has 0 unspecified atom stereocenters. The fourth-order valence-corrected chi connectivity index (χ4v) is 2.81. The minimum Gasteiger partial charge on any atom is -0.106 e. The molecule has 0 aliphatic carbocycles. The van der Waals surface area contributed by atoms with Gasteiger partial charge in [0.15, 0.2) is 0 Å². The predicted octanol–water partition coefficient (Wildman–Crippen LogP) is 10.2. The van der Waals surface area contributed by atoms with E-state index in [0.29, 0.717) is 0 Å². The van der Waals surface area contributed by atoms with Crippen LogP contribution in [0.3, 0.4) is 0 Å². The minimum absolute atomic E-state index is 0. The molecule has 0 aromatic heterocycles. The first-order valence-corrected chi connectivity index (χ1v) is 12.2. The summed E-state index contributed by atoms with van der Waals surface area (Å²) in [6.07, 6.45) is 0. The van der Waals surface area contributed by atoms with Crippen LogP contribution in [0.4, 0.5) is 0 Å². The summed E-state index contributed by atoms with van der Waals surface area (Å²) < 4.78 is 0. The molecule has 0 bridgehead atoms. The molecule has 170 valence electrons. The zero-order valence-electron chi connectivity index (χ0n) is 15.2. The van der Waals surface area contributed by atoms with Crippen LogP contribution in [0.1, 0.15) is 68.2 Å². The van der Waals surface area contributed by atoms with Crippen molar-refractivity contribution in [2.75, 3.05) is 0 Å². The average Bonchev–Trinajstić information content (AvgIpc) is 2.63. The molecule has 0 N–H and O–H groups in total. The lowest BCUT2D eigenvalue weighted by Crippen LogP contribution is -2.25. The van der Waals surface area contributed by atoms with Crippen molar-refractivity contribution in [2.24, 2.45) is 0 Å². The zero-order valence-corrected chi connectivity index (χ0v) is 16.4. The van der Waals surface area contributed by atoms with E-state index in [1.54, 1.807) is 0 Å². The Morgan fingerprint density at radius 1 is 0.433 bits per heavy atom. The molecule has 0 spiro atoms. The molecule has 0 saturated carbocycles.